The molecule has 2 aromatic rings. The highest BCUT2D eigenvalue weighted by molar-refractivity contribution is 14.0. The second-order valence-corrected chi connectivity index (χ2v) is 5.61. The molecule has 0 fully saturated rings. The highest BCUT2D eigenvalue weighted by atomic mass is 127. The fraction of sp³-hybridized carbons (Fsp3) is 0.375. The van der Waals surface area contributed by atoms with E-state index in [9.17, 15) is 0 Å². The summed E-state index contributed by atoms with van der Waals surface area (Å²) in [6.45, 7) is 4.28. The predicted octanol–water partition coefficient (Wildman–Crippen LogP) is 3.29. The van der Waals surface area contributed by atoms with Gasteiger partial charge >= 0.3 is 0 Å². The number of nitrogens with one attached hydrogen (secondary N) is 1. The number of aryl methyl sites for hydroxylation is 1. The summed E-state index contributed by atoms with van der Waals surface area (Å²) in [7, 11) is 3.93. The standard InChI is InChI=1S/C16H22ClN5.HI/c1-4-18-16(19-9-14-10-20-22(3)12-14)21(2)11-13-5-7-15(17)8-6-13;/h5-8,10,12H,4,9,11H2,1-3H3,(H,18,19);1H. The Morgan fingerprint density at radius 2 is 2.00 bits per heavy atom. The molecule has 0 aliphatic heterocycles. The van der Waals surface area contributed by atoms with E-state index in [2.05, 4.69) is 27.2 Å². The van der Waals surface area contributed by atoms with Crippen molar-refractivity contribution in [3.05, 3.63) is 52.8 Å². The van der Waals surface area contributed by atoms with Gasteiger partial charge in [-0.25, -0.2) is 4.99 Å². The minimum Gasteiger partial charge on any atom is -0.357 e. The first-order valence-corrected chi connectivity index (χ1v) is 7.67. The van der Waals surface area contributed by atoms with E-state index in [-0.39, 0.29) is 24.0 Å². The molecule has 0 spiro atoms. The van der Waals surface area contributed by atoms with Gasteiger partial charge in [0.15, 0.2) is 5.96 Å². The van der Waals surface area contributed by atoms with Gasteiger partial charge in [-0.3, -0.25) is 4.68 Å². The lowest BCUT2D eigenvalue weighted by molar-refractivity contribution is 0.477. The van der Waals surface area contributed by atoms with Gasteiger partial charge < -0.3 is 10.2 Å². The molecule has 0 aliphatic rings. The second-order valence-electron chi connectivity index (χ2n) is 5.17. The number of hydrogen-bond acceptors (Lipinski definition) is 2. The highest BCUT2D eigenvalue weighted by Gasteiger charge is 2.07. The van der Waals surface area contributed by atoms with Gasteiger partial charge in [0, 0.05) is 44.0 Å². The molecule has 1 heterocycles. The van der Waals surface area contributed by atoms with Crippen molar-refractivity contribution < 1.29 is 0 Å². The van der Waals surface area contributed by atoms with Gasteiger partial charge in [-0.05, 0) is 24.6 Å². The molecule has 0 radical (unpaired) electrons. The SMILES string of the molecule is CCNC(=NCc1cnn(C)c1)N(C)Cc1ccc(Cl)cc1.I. The van der Waals surface area contributed by atoms with Crippen LogP contribution in [0.25, 0.3) is 0 Å². The van der Waals surface area contributed by atoms with Crippen LogP contribution in [0, 0.1) is 0 Å². The normalized spacial score (nSPS) is 11.0. The number of benzene rings is 1. The van der Waals surface area contributed by atoms with Crippen molar-refractivity contribution in [2.45, 2.75) is 20.0 Å². The van der Waals surface area contributed by atoms with E-state index in [0.29, 0.717) is 6.54 Å². The Hall–Kier alpha value is -1.28. The molecule has 23 heavy (non-hydrogen) atoms. The molecule has 1 aromatic carbocycles. The molecule has 2 rings (SSSR count). The van der Waals surface area contributed by atoms with Gasteiger partial charge in [-0.1, -0.05) is 23.7 Å². The molecular formula is C16H23ClIN5. The largest absolute Gasteiger partial charge is 0.357 e. The summed E-state index contributed by atoms with van der Waals surface area (Å²) in [5, 5.41) is 8.23. The third-order valence-electron chi connectivity index (χ3n) is 3.20. The first-order valence-electron chi connectivity index (χ1n) is 7.30. The highest BCUT2D eigenvalue weighted by Crippen LogP contribution is 2.11. The van der Waals surface area contributed by atoms with Crippen molar-refractivity contribution >= 4 is 41.5 Å². The zero-order valence-corrected chi connectivity index (χ0v) is 16.7. The molecule has 0 saturated carbocycles. The van der Waals surface area contributed by atoms with Gasteiger partial charge in [0.1, 0.15) is 0 Å². The lowest BCUT2D eigenvalue weighted by Gasteiger charge is -2.22. The fourth-order valence-electron chi connectivity index (χ4n) is 2.13. The number of halogens is 2. The molecule has 0 atom stereocenters. The molecular weight excluding hydrogens is 425 g/mol. The first kappa shape index (κ1) is 19.8. The van der Waals surface area contributed by atoms with Crippen LogP contribution in [0.3, 0.4) is 0 Å². The molecule has 126 valence electrons. The van der Waals surface area contributed by atoms with Crippen LogP contribution in [0.4, 0.5) is 0 Å². The van der Waals surface area contributed by atoms with E-state index < -0.39 is 0 Å². The van der Waals surface area contributed by atoms with Gasteiger partial charge in [0.25, 0.3) is 0 Å². The molecule has 0 amide bonds. The van der Waals surface area contributed by atoms with Gasteiger partial charge in [0.2, 0.25) is 0 Å². The third-order valence-corrected chi connectivity index (χ3v) is 3.45. The second kappa shape index (κ2) is 9.77. The summed E-state index contributed by atoms with van der Waals surface area (Å²) in [4.78, 5) is 6.76. The van der Waals surface area contributed by atoms with Crippen LogP contribution in [0.2, 0.25) is 5.02 Å². The van der Waals surface area contributed by atoms with E-state index in [0.717, 1.165) is 29.6 Å². The summed E-state index contributed by atoms with van der Waals surface area (Å²) >= 11 is 5.92. The number of hydrogen-bond donors (Lipinski definition) is 1. The average molecular weight is 448 g/mol. The van der Waals surface area contributed by atoms with Gasteiger partial charge in [-0.15, -0.1) is 24.0 Å². The smallest absolute Gasteiger partial charge is 0.194 e. The van der Waals surface area contributed by atoms with Gasteiger partial charge in [0.05, 0.1) is 12.7 Å². The predicted molar refractivity (Wildman–Crippen MR) is 106 cm³/mol. The molecule has 0 bridgehead atoms. The van der Waals surface area contributed by atoms with Crippen molar-refractivity contribution in [1.82, 2.24) is 20.0 Å². The van der Waals surface area contributed by atoms with E-state index in [1.165, 1.54) is 5.56 Å². The molecule has 0 saturated heterocycles. The molecule has 0 unspecified atom stereocenters. The van der Waals surface area contributed by atoms with Crippen LogP contribution >= 0.6 is 35.6 Å². The van der Waals surface area contributed by atoms with Crippen molar-refractivity contribution in [3.63, 3.8) is 0 Å². The maximum atomic E-state index is 5.92. The summed E-state index contributed by atoms with van der Waals surface area (Å²) in [5.74, 6) is 0.876. The Kier molecular flexibility index (Phi) is 8.40. The molecule has 7 heteroatoms. The van der Waals surface area contributed by atoms with Crippen molar-refractivity contribution in [3.8, 4) is 0 Å². The fourth-order valence-corrected chi connectivity index (χ4v) is 2.25. The maximum Gasteiger partial charge on any atom is 0.194 e. The van der Waals surface area contributed by atoms with E-state index in [1.807, 2.05) is 50.8 Å². The number of guanidine groups is 1. The quantitative estimate of drug-likeness (QED) is 0.435. The van der Waals surface area contributed by atoms with Crippen LogP contribution in [0.5, 0.6) is 0 Å². The van der Waals surface area contributed by atoms with Crippen molar-refractivity contribution in [2.24, 2.45) is 12.0 Å². The van der Waals surface area contributed by atoms with E-state index >= 15 is 0 Å². The summed E-state index contributed by atoms with van der Waals surface area (Å²) in [6.07, 6.45) is 3.82. The zero-order valence-electron chi connectivity index (χ0n) is 13.7. The summed E-state index contributed by atoms with van der Waals surface area (Å²) in [5.41, 5.74) is 2.29. The monoisotopic (exact) mass is 447 g/mol. The van der Waals surface area contributed by atoms with Crippen molar-refractivity contribution in [1.29, 1.82) is 0 Å². The minimum atomic E-state index is 0. The first-order chi connectivity index (χ1) is 10.6. The number of rotatable bonds is 5. The van der Waals surface area contributed by atoms with Crippen LogP contribution in [0.1, 0.15) is 18.1 Å². The minimum absolute atomic E-state index is 0. The van der Waals surface area contributed by atoms with Crippen LogP contribution < -0.4 is 5.32 Å². The Morgan fingerprint density at radius 1 is 1.30 bits per heavy atom. The van der Waals surface area contributed by atoms with E-state index in [4.69, 9.17) is 11.6 Å². The zero-order chi connectivity index (χ0) is 15.9. The van der Waals surface area contributed by atoms with Crippen LogP contribution in [-0.2, 0) is 20.1 Å². The van der Waals surface area contributed by atoms with Crippen LogP contribution in [0.15, 0.2) is 41.7 Å². The lowest BCUT2D eigenvalue weighted by Crippen LogP contribution is -2.38. The summed E-state index contributed by atoms with van der Waals surface area (Å²) in [6, 6.07) is 7.88. The Labute approximate surface area is 159 Å². The number of aromatic nitrogens is 2. The Bertz CT molecular complexity index is 624. The Morgan fingerprint density at radius 3 is 2.57 bits per heavy atom. The van der Waals surface area contributed by atoms with E-state index in [1.54, 1.807) is 4.68 Å². The molecule has 5 nitrogen and oxygen atoms in total. The van der Waals surface area contributed by atoms with Gasteiger partial charge in [-0.2, -0.15) is 5.10 Å². The topological polar surface area (TPSA) is 45.5 Å². The third kappa shape index (κ3) is 6.39. The molecule has 1 N–H and O–H groups in total. The number of nitrogens with zero attached hydrogens (tertiary/aromatic N) is 4. The average Bonchev–Trinajstić information content (AvgIpc) is 2.91. The molecule has 0 aliphatic carbocycles. The Balaban J connectivity index is 0.00000264. The lowest BCUT2D eigenvalue weighted by atomic mass is 10.2. The van der Waals surface area contributed by atoms with Crippen molar-refractivity contribution in [2.75, 3.05) is 13.6 Å². The van der Waals surface area contributed by atoms with Crippen LogP contribution in [-0.4, -0.2) is 34.2 Å². The number of aliphatic imine (C=N–C) groups is 1. The maximum absolute atomic E-state index is 5.92. The molecule has 1 aromatic heterocycles. The summed E-state index contributed by atoms with van der Waals surface area (Å²) < 4.78 is 1.79.